The summed E-state index contributed by atoms with van der Waals surface area (Å²) < 4.78 is 12.4. The molecule has 1 aliphatic heterocycles. The molecule has 1 saturated heterocycles. The topological polar surface area (TPSA) is 81.5 Å². The normalized spacial score (nSPS) is 14.3. The third kappa shape index (κ3) is 5.08. The fraction of sp³-hybridized carbons (Fsp3) is 0.550. The number of hydrogen-bond donors (Lipinski definition) is 1. The Morgan fingerprint density at radius 2 is 2.04 bits per heavy atom. The summed E-state index contributed by atoms with van der Waals surface area (Å²) in [6.07, 6.45) is 2.64. The van der Waals surface area contributed by atoms with Crippen molar-refractivity contribution in [1.29, 1.82) is 0 Å². The Kier molecular flexibility index (Phi) is 7.00. The van der Waals surface area contributed by atoms with Crippen molar-refractivity contribution in [2.24, 2.45) is 0 Å². The van der Waals surface area contributed by atoms with Gasteiger partial charge in [0.1, 0.15) is 5.75 Å². The van der Waals surface area contributed by atoms with E-state index in [1.54, 1.807) is 22.9 Å². The summed E-state index contributed by atoms with van der Waals surface area (Å²) in [5.74, 6) is 0.855. The van der Waals surface area contributed by atoms with Gasteiger partial charge in [-0.25, -0.2) is 0 Å². The maximum atomic E-state index is 12.4. The third-order valence-electron chi connectivity index (χ3n) is 4.97. The first-order valence-electron chi connectivity index (χ1n) is 9.70. The van der Waals surface area contributed by atoms with Crippen molar-refractivity contribution < 1.29 is 14.3 Å². The number of benzene rings is 1. The van der Waals surface area contributed by atoms with E-state index in [9.17, 15) is 4.79 Å². The van der Waals surface area contributed by atoms with Crippen LogP contribution in [0.2, 0.25) is 0 Å². The molecule has 1 amide bonds. The van der Waals surface area contributed by atoms with Crippen LogP contribution >= 0.6 is 0 Å². The van der Waals surface area contributed by atoms with Crippen LogP contribution in [0.4, 0.5) is 0 Å². The lowest BCUT2D eigenvalue weighted by Crippen LogP contribution is -2.40. The number of nitrogens with one attached hydrogen (secondary N) is 1. The van der Waals surface area contributed by atoms with Gasteiger partial charge in [0.15, 0.2) is 5.69 Å². The van der Waals surface area contributed by atoms with E-state index in [0.29, 0.717) is 32.0 Å². The highest BCUT2D eigenvalue weighted by molar-refractivity contribution is 5.91. The van der Waals surface area contributed by atoms with E-state index >= 15 is 0 Å². The number of morpholine rings is 1. The number of carbonyl (C=O) groups is 1. The van der Waals surface area contributed by atoms with Crippen LogP contribution in [0.25, 0.3) is 0 Å². The second-order valence-electron chi connectivity index (χ2n) is 7.05. The Morgan fingerprint density at radius 1 is 1.25 bits per heavy atom. The molecule has 0 unspecified atom stereocenters. The first-order valence-corrected chi connectivity index (χ1v) is 9.70. The monoisotopic (exact) mass is 387 g/mol. The molecule has 2 aromatic rings. The molecule has 1 aromatic heterocycles. The van der Waals surface area contributed by atoms with Crippen molar-refractivity contribution in [3.05, 3.63) is 40.7 Å². The lowest BCUT2D eigenvalue weighted by Gasteiger charge is -2.25. The van der Waals surface area contributed by atoms with Crippen LogP contribution in [0.3, 0.4) is 0 Å². The molecule has 0 aliphatic carbocycles. The van der Waals surface area contributed by atoms with Gasteiger partial charge < -0.3 is 19.7 Å². The quantitative estimate of drug-likeness (QED) is 0.693. The number of aryl methyl sites for hydroxylation is 3. The Balaban J connectivity index is 1.42. The first-order chi connectivity index (χ1) is 13.6. The Morgan fingerprint density at radius 3 is 2.79 bits per heavy atom. The van der Waals surface area contributed by atoms with Crippen molar-refractivity contribution in [3.63, 3.8) is 0 Å². The number of ether oxygens (including phenoxy) is 2. The fourth-order valence-corrected chi connectivity index (χ4v) is 3.28. The Bertz CT molecular complexity index is 799. The van der Waals surface area contributed by atoms with Crippen molar-refractivity contribution in [3.8, 4) is 5.75 Å². The molecule has 0 atom stereocenters. The minimum atomic E-state index is -0.0713. The molecule has 8 nitrogen and oxygen atoms in total. The molecule has 8 heteroatoms. The minimum Gasteiger partial charge on any atom is -0.496 e. The molecule has 1 N–H and O–H groups in total. The zero-order valence-electron chi connectivity index (χ0n) is 16.9. The van der Waals surface area contributed by atoms with E-state index in [2.05, 4.69) is 41.6 Å². The van der Waals surface area contributed by atoms with Crippen LogP contribution in [0.1, 0.15) is 33.6 Å². The standard InChI is InChI=1S/C20H29N5O3/c1-15-12-19(27-3)16(2)11-17(15)13-21-5-4-6-25-14-18(22-23-25)20(26)24-7-9-28-10-8-24/h11-12,14,21H,4-10,13H2,1-3H3. The summed E-state index contributed by atoms with van der Waals surface area (Å²) in [5.41, 5.74) is 4.04. The SMILES string of the molecule is COc1cc(C)c(CNCCCn2cc(C(=O)N3CCOCC3)nn2)cc1C. The van der Waals surface area contributed by atoms with Gasteiger partial charge >= 0.3 is 0 Å². The molecule has 0 spiro atoms. The molecule has 2 heterocycles. The van der Waals surface area contributed by atoms with Gasteiger partial charge in [0.05, 0.1) is 26.5 Å². The molecule has 0 radical (unpaired) electrons. The maximum absolute atomic E-state index is 12.4. The molecule has 0 bridgehead atoms. The zero-order chi connectivity index (χ0) is 19.9. The Labute approximate surface area is 165 Å². The van der Waals surface area contributed by atoms with Gasteiger partial charge in [0.2, 0.25) is 0 Å². The smallest absolute Gasteiger partial charge is 0.276 e. The van der Waals surface area contributed by atoms with Crippen LogP contribution in [0.15, 0.2) is 18.3 Å². The van der Waals surface area contributed by atoms with Gasteiger partial charge in [0.25, 0.3) is 5.91 Å². The molecule has 1 aromatic carbocycles. The number of nitrogens with zero attached hydrogens (tertiary/aromatic N) is 4. The van der Waals surface area contributed by atoms with Crippen molar-refractivity contribution >= 4 is 5.91 Å². The van der Waals surface area contributed by atoms with E-state index in [0.717, 1.165) is 37.4 Å². The number of amides is 1. The van der Waals surface area contributed by atoms with Crippen LogP contribution in [0.5, 0.6) is 5.75 Å². The van der Waals surface area contributed by atoms with Gasteiger partial charge in [0, 0.05) is 26.2 Å². The molecule has 1 aliphatic rings. The maximum Gasteiger partial charge on any atom is 0.276 e. The predicted octanol–water partition coefficient (Wildman–Crippen LogP) is 1.56. The summed E-state index contributed by atoms with van der Waals surface area (Å²) >= 11 is 0. The second-order valence-corrected chi connectivity index (χ2v) is 7.05. The molecule has 0 saturated carbocycles. The van der Waals surface area contributed by atoms with Crippen molar-refractivity contribution in [2.45, 2.75) is 33.4 Å². The number of methoxy groups -OCH3 is 1. The summed E-state index contributed by atoms with van der Waals surface area (Å²) in [6.45, 7) is 8.93. The number of rotatable bonds is 8. The van der Waals surface area contributed by atoms with Crippen molar-refractivity contribution in [2.75, 3.05) is 40.0 Å². The second kappa shape index (κ2) is 9.66. The lowest BCUT2D eigenvalue weighted by molar-refractivity contribution is 0.0299. The fourth-order valence-electron chi connectivity index (χ4n) is 3.28. The highest BCUT2D eigenvalue weighted by Crippen LogP contribution is 2.22. The molecular weight excluding hydrogens is 358 g/mol. The van der Waals surface area contributed by atoms with Crippen LogP contribution in [-0.2, 0) is 17.8 Å². The largest absolute Gasteiger partial charge is 0.496 e. The zero-order valence-corrected chi connectivity index (χ0v) is 16.9. The van der Waals surface area contributed by atoms with Gasteiger partial charge in [-0.05, 0) is 49.6 Å². The van der Waals surface area contributed by atoms with Gasteiger partial charge in [-0.1, -0.05) is 11.3 Å². The average Bonchev–Trinajstić information content (AvgIpc) is 3.19. The van der Waals surface area contributed by atoms with E-state index in [4.69, 9.17) is 9.47 Å². The molecule has 28 heavy (non-hydrogen) atoms. The lowest BCUT2D eigenvalue weighted by atomic mass is 10.0. The number of aromatic nitrogens is 3. The van der Waals surface area contributed by atoms with E-state index < -0.39 is 0 Å². The number of carbonyl (C=O) groups excluding carboxylic acids is 1. The molecule has 3 rings (SSSR count). The highest BCUT2D eigenvalue weighted by atomic mass is 16.5. The summed E-state index contributed by atoms with van der Waals surface area (Å²) in [6, 6.07) is 4.25. The van der Waals surface area contributed by atoms with E-state index in [1.165, 1.54) is 11.1 Å². The summed E-state index contributed by atoms with van der Waals surface area (Å²) in [7, 11) is 1.70. The van der Waals surface area contributed by atoms with Crippen LogP contribution < -0.4 is 10.1 Å². The highest BCUT2D eigenvalue weighted by Gasteiger charge is 2.21. The van der Waals surface area contributed by atoms with Crippen LogP contribution in [-0.4, -0.2) is 65.8 Å². The number of hydrogen-bond acceptors (Lipinski definition) is 6. The molecule has 1 fully saturated rings. The Hall–Kier alpha value is -2.45. The van der Waals surface area contributed by atoms with Gasteiger partial charge in [-0.2, -0.15) is 0 Å². The van der Waals surface area contributed by atoms with E-state index in [-0.39, 0.29) is 5.91 Å². The van der Waals surface area contributed by atoms with E-state index in [1.807, 2.05) is 0 Å². The summed E-state index contributed by atoms with van der Waals surface area (Å²) in [5, 5.41) is 11.6. The third-order valence-corrected chi connectivity index (χ3v) is 4.97. The molecule has 152 valence electrons. The minimum absolute atomic E-state index is 0.0713. The first kappa shape index (κ1) is 20.3. The van der Waals surface area contributed by atoms with Crippen molar-refractivity contribution in [1.82, 2.24) is 25.2 Å². The average molecular weight is 387 g/mol. The predicted molar refractivity (Wildman–Crippen MR) is 106 cm³/mol. The molecular formula is C20H29N5O3. The summed E-state index contributed by atoms with van der Waals surface area (Å²) in [4.78, 5) is 14.1. The van der Waals surface area contributed by atoms with Gasteiger partial charge in [-0.15, -0.1) is 5.10 Å². The van der Waals surface area contributed by atoms with Gasteiger partial charge in [-0.3, -0.25) is 9.48 Å². The van der Waals surface area contributed by atoms with Crippen LogP contribution in [0, 0.1) is 13.8 Å².